The highest BCUT2D eigenvalue weighted by molar-refractivity contribution is 7.89. The van der Waals surface area contributed by atoms with Crippen molar-refractivity contribution in [2.75, 3.05) is 11.9 Å². The molecule has 118 valence electrons. The fraction of sp³-hybridized carbons (Fsp3) is 0.600. The fourth-order valence-corrected chi connectivity index (χ4v) is 3.49. The molecule has 1 aromatic rings. The topological polar surface area (TPSA) is 84.2 Å². The van der Waals surface area contributed by atoms with Crippen LogP contribution in [0.5, 0.6) is 0 Å². The van der Waals surface area contributed by atoms with Gasteiger partial charge in [0.1, 0.15) is 4.90 Å². The van der Waals surface area contributed by atoms with Gasteiger partial charge in [-0.25, -0.2) is 13.1 Å². The molecule has 6 heteroatoms. The maximum Gasteiger partial charge on any atom is 0.242 e. The molecule has 1 aliphatic carbocycles. The minimum Gasteiger partial charge on any atom is -0.377 e. The van der Waals surface area contributed by atoms with E-state index in [2.05, 4.69) is 23.9 Å². The van der Waals surface area contributed by atoms with Gasteiger partial charge in [0.15, 0.2) is 0 Å². The minimum atomic E-state index is -3.49. The number of nitrogens with two attached hydrogens (primary N) is 1. The summed E-state index contributed by atoms with van der Waals surface area (Å²) in [5.74, 6) is 0.273. The molecule has 4 N–H and O–H groups in total. The third-order valence-corrected chi connectivity index (χ3v) is 5.77. The lowest BCUT2D eigenvalue weighted by molar-refractivity contribution is 0.382. The second kappa shape index (κ2) is 5.94. The van der Waals surface area contributed by atoms with E-state index in [1.165, 1.54) is 0 Å². The van der Waals surface area contributed by atoms with Gasteiger partial charge in [-0.15, -0.1) is 0 Å². The first-order valence-electron chi connectivity index (χ1n) is 7.38. The molecule has 0 saturated heterocycles. The number of anilines is 1. The van der Waals surface area contributed by atoms with Crippen molar-refractivity contribution in [1.82, 2.24) is 4.72 Å². The summed E-state index contributed by atoms with van der Waals surface area (Å²) in [6, 6.07) is 7.08. The molecule has 1 aromatic carbocycles. The summed E-state index contributed by atoms with van der Waals surface area (Å²) >= 11 is 0. The highest BCUT2D eigenvalue weighted by Gasteiger charge is 2.32. The van der Waals surface area contributed by atoms with Crippen LogP contribution in [-0.2, 0) is 10.0 Å². The first-order chi connectivity index (χ1) is 9.78. The molecule has 1 saturated carbocycles. The zero-order chi connectivity index (χ0) is 15.7. The van der Waals surface area contributed by atoms with E-state index in [1.54, 1.807) is 18.2 Å². The molecule has 0 aromatic heterocycles. The standard InChI is InChI=1S/C15H25N3O2S/c1-11(2)15(3,10-16)17-13-6-4-5-7-14(13)21(19,20)18-12-8-9-12/h4-7,11-12,17-18H,8-10,16H2,1-3H3. The highest BCUT2D eigenvalue weighted by Crippen LogP contribution is 2.29. The maximum atomic E-state index is 12.5. The van der Waals surface area contributed by atoms with Crippen molar-refractivity contribution in [2.24, 2.45) is 11.7 Å². The number of hydrogen-bond acceptors (Lipinski definition) is 4. The molecule has 2 rings (SSSR count). The highest BCUT2D eigenvalue weighted by atomic mass is 32.2. The van der Waals surface area contributed by atoms with E-state index in [-0.39, 0.29) is 22.4 Å². The SMILES string of the molecule is CC(C)C(C)(CN)Nc1ccccc1S(=O)(=O)NC1CC1. The van der Waals surface area contributed by atoms with Gasteiger partial charge >= 0.3 is 0 Å². The van der Waals surface area contributed by atoms with Gasteiger partial charge in [0.05, 0.1) is 5.69 Å². The molecule has 0 heterocycles. The zero-order valence-electron chi connectivity index (χ0n) is 12.9. The average molecular weight is 311 g/mol. The van der Waals surface area contributed by atoms with Crippen molar-refractivity contribution in [3.8, 4) is 0 Å². The van der Waals surface area contributed by atoms with Crippen LogP contribution in [-0.4, -0.2) is 26.5 Å². The van der Waals surface area contributed by atoms with Crippen molar-refractivity contribution in [1.29, 1.82) is 0 Å². The van der Waals surface area contributed by atoms with Crippen molar-refractivity contribution in [2.45, 2.75) is 50.1 Å². The van der Waals surface area contributed by atoms with Gasteiger partial charge in [-0.05, 0) is 37.8 Å². The molecule has 1 fully saturated rings. The van der Waals surface area contributed by atoms with Gasteiger partial charge in [0.25, 0.3) is 0 Å². The number of sulfonamides is 1. The van der Waals surface area contributed by atoms with Crippen LogP contribution < -0.4 is 15.8 Å². The molecule has 0 spiro atoms. The Hall–Kier alpha value is -1.11. The quantitative estimate of drug-likeness (QED) is 0.718. The minimum absolute atomic E-state index is 0.0917. The van der Waals surface area contributed by atoms with Crippen LogP contribution in [0.2, 0.25) is 0 Å². The van der Waals surface area contributed by atoms with E-state index < -0.39 is 10.0 Å². The normalized spacial score (nSPS) is 18.5. The second-order valence-electron chi connectivity index (χ2n) is 6.29. The van der Waals surface area contributed by atoms with Gasteiger partial charge < -0.3 is 11.1 Å². The number of benzene rings is 1. The van der Waals surface area contributed by atoms with Crippen LogP contribution >= 0.6 is 0 Å². The Bertz CT molecular complexity index is 597. The zero-order valence-corrected chi connectivity index (χ0v) is 13.7. The lowest BCUT2D eigenvalue weighted by Gasteiger charge is -2.35. The Balaban J connectivity index is 2.32. The summed E-state index contributed by atoms with van der Waals surface area (Å²) in [5, 5.41) is 3.33. The Morgan fingerprint density at radius 3 is 2.48 bits per heavy atom. The summed E-state index contributed by atoms with van der Waals surface area (Å²) in [4.78, 5) is 0.289. The van der Waals surface area contributed by atoms with E-state index in [9.17, 15) is 8.42 Å². The van der Waals surface area contributed by atoms with Gasteiger partial charge in [0, 0.05) is 18.1 Å². The summed E-state index contributed by atoms with van der Waals surface area (Å²) < 4.78 is 27.7. The number of para-hydroxylation sites is 1. The summed E-state index contributed by atoms with van der Waals surface area (Å²) in [7, 11) is -3.49. The Kier molecular flexibility index (Phi) is 4.60. The van der Waals surface area contributed by atoms with Gasteiger partial charge in [-0.3, -0.25) is 0 Å². The van der Waals surface area contributed by atoms with Crippen LogP contribution in [0.1, 0.15) is 33.6 Å². The van der Waals surface area contributed by atoms with Crippen LogP contribution in [0, 0.1) is 5.92 Å². The molecule has 0 bridgehead atoms. The molecule has 0 radical (unpaired) electrons. The molecule has 0 amide bonds. The predicted molar refractivity (Wildman–Crippen MR) is 85.7 cm³/mol. The number of rotatable bonds is 7. The predicted octanol–water partition coefficient (Wildman–Crippen LogP) is 1.91. The van der Waals surface area contributed by atoms with E-state index in [0.717, 1.165) is 12.8 Å². The van der Waals surface area contributed by atoms with Crippen molar-refractivity contribution in [3.63, 3.8) is 0 Å². The van der Waals surface area contributed by atoms with Crippen molar-refractivity contribution < 1.29 is 8.42 Å². The largest absolute Gasteiger partial charge is 0.377 e. The second-order valence-corrected chi connectivity index (χ2v) is 7.98. The number of hydrogen-bond donors (Lipinski definition) is 3. The van der Waals surface area contributed by atoms with Crippen LogP contribution in [0.15, 0.2) is 29.2 Å². The molecular weight excluding hydrogens is 286 g/mol. The smallest absolute Gasteiger partial charge is 0.242 e. The molecule has 21 heavy (non-hydrogen) atoms. The lowest BCUT2D eigenvalue weighted by atomic mass is 9.88. The van der Waals surface area contributed by atoms with E-state index >= 15 is 0 Å². The molecule has 1 aliphatic rings. The molecule has 1 atom stereocenters. The molecule has 1 unspecified atom stereocenters. The summed E-state index contributed by atoms with van der Waals surface area (Å²) in [5.41, 5.74) is 6.13. The van der Waals surface area contributed by atoms with Crippen LogP contribution in [0.3, 0.4) is 0 Å². The van der Waals surface area contributed by atoms with Crippen molar-refractivity contribution >= 4 is 15.7 Å². The third-order valence-electron chi connectivity index (χ3n) is 4.19. The van der Waals surface area contributed by atoms with E-state index in [4.69, 9.17) is 5.73 Å². The maximum absolute atomic E-state index is 12.5. The number of nitrogens with one attached hydrogen (secondary N) is 2. The van der Waals surface area contributed by atoms with E-state index in [1.807, 2.05) is 13.0 Å². The van der Waals surface area contributed by atoms with Crippen LogP contribution in [0.4, 0.5) is 5.69 Å². The van der Waals surface area contributed by atoms with Crippen molar-refractivity contribution in [3.05, 3.63) is 24.3 Å². The van der Waals surface area contributed by atoms with Crippen LogP contribution in [0.25, 0.3) is 0 Å². The summed E-state index contributed by atoms with van der Waals surface area (Å²) in [6.07, 6.45) is 1.84. The summed E-state index contributed by atoms with van der Waals surface area (Å²) in [6.45, 7) is 6.57. The Morgan fingerprint density at radius 2 is 1.95 bits per heavy atom. The average Bonchev–Trinajstić information content (AvgIpc) is 3.22. The van der Waals surface area contributed by atoms with Gasteiger partial charge in [-0.2, -0.15) is 0 Å². The molecule has 5 nitrogen and oxygen atoms in total. The Morgan fingerprint density at radius 1 is 1.33 bits per heavy atom. The van der Waals surface area contributed by atoms with E-state index in [0.29, 0.717) is 12.2 Å². The first-order valence-corrected chi connectivity index (χ1v) is 8.86. The third kappa shape index (κ3) is 3.75. The first kappa shape index (κ1) is 16.3. The molecule has 0 aliphatic heterocycles. The lowest BCUT2D eigenvalue weighted by Crippen LogP contribution is -2.47. The fourth-order valence-electron chi connectivity index (χ4n) is 2.03. The monoisotopic (exact) mass is 311 g/mol. The van der Waals surface area contributed by atoms with Gasteiger partial charge in [0.2, 0.25) is 10.0 Å². The molecular formula is C15H25N3O2S. The Labute approximate surface area is 127 Å². The van der Waals surface area contributed by atoms with Gasteiger partial charge in [-0.1, -0.05) is 26.0 Å².